The first-order valence-corrected chi connectivity index (χ1v) is 15.9. The molecule has 0 radical (unpaired) electrons. The van der Waals surface area contributed by atoms with E-state index < -0.39 is 27.4 Å². The van der Waals surface area contributed by atoms with Gasteiger partial charge in [0.05, 0.1) is 11.3 Å². The van der Waals surface area contributed by atoms with Gasteiger partial charge < -0.3 is 14.1 Å². The van der Waals surface area contributed by atoms with Crippen molar-refractivity contribution < 1.29 is 14.1 Å². The molecule has 1 fully saturated rings. The summed E-state index contributed by atoms with van der Waals surface area (Å²) in [5.74, 6) is 0. The third kappa shape index (κ3) is 5.25. The molecule has 3 rings (SSSR count). The molecule has 2 aromatic rings. The van der Waals surface area contributed by atoms with Gasteiger partial charge in [0.1, 0.15) is 7.80 Å². The van der Waals surface area contributed by atoms with Gasteiger partial charge in [-0.25, -0.2) is 0 Å². The fourth-order valence-electron chi connectivity index (χ4n) is 4.51. The molecule has 0 spiro atoms. The average Bonchev–Trinajstić information content (AvgIpc) is 2.73. The molecule has 170 valence electrons. The Hall–Kier alpha value is -1.19. The van der Waals surface area contributed by atoms with Crippen LogP contribution in [0.15, 0.2) is 60.7 Å². The number of hydrogen-bond acceptors (Lipinski definition) is 3. The Bertz CT molecular complexity index is 863. The molecular formula is C26H39O3PSi. The van der Waals surface area contributed by atoms with Crippen molar-refractivity contribution in [2.24, 2.45) is 0 Å². The lowest BCUT2D eigenvalue weighted by molar-refractivity contribution is 0.0685. The van der Waals surface area contributed by atoms with Crippen molar-refractivity contribution in [2.45, 2.75) is 88.4 Å². The fourth-order valence-corrected chi connectivity index (χ4v) is 8.19. The van der Waals surface area contributed by atoms with E-state index in [-0.39, 0.29) is 11.1 Å². The summed E-state index contributed by atoms with van der Waals surface area (Å²) >= 11 is 0. The third-order valence-corrected chi connectivity index (χ3v) is 14.5. The monoisotopic (exact) mass is 458 g/mol. The van der Waals surface area contributed by atoms with Crippen LogP contribution < -0.4 is 5.30 Å². The molecule has 0 heterocycles. The van der Waals surface area contributed by atoms with Gasteiger partial charge in [-0.15, -0.1) is 0 Å². The van der Waals surface area contributed by atoms with E-state index in [1.165, 1.54) is 0 Å². The Labute approximate surface area is 190 Å². The van der Waals surface area contributed by atoms with Gasteiger partial charge in [0.15, 0.2) is 8.32 Å². The van der Waals surface area contributed by atoms with E-state index in [2.05, 4.69) is 33.9 Å². The van der Waals surface area contributed by atoms with E-state index in [9.17, 15) is 9.67 Å². The van der Waals surface area contributed by atoms with Gasteiger partial charge in [-0.05, 0) is 55.8 Å². The van der Waals surface area contributed by atoms with Crippen LogP contribution in [0.3, 0.4) is 0 Å². The summed E-state index contributed by atoms with van der Waals surface area (Å²) in [5, 5.41) is 11.7. The molecule has 2 aromatic carbocycles. The molecule has 5 heteroatoms. The van der Waals surface area contributed by atoms with Crippen LogP contribution in [0.25, 0.3) is 0 Å². The van der Waals surface area contributed by atoms with Gasteiger partial charge in [-0.1, -0.05) is 81.4 Å². The molecule has 0 saturated heterocycles. The Morgan fingerprint density at radius 3 is 2.13 bits per heavy atom. The van der Waals surface area contributed by atoms with E-state index in [4.69, 9.17) is 4.43 Å². The predicted octanol–water partition coefficient (Wildman–Crippen LogP) is 6.48. The first-order chi connectivity index (χ1) is 14.6. The zero-order valence-electron chi connectivity index (χ0n) is 19.7. The van der Waals surface area contributed by atoms with E-state index >= 15 is 0 Å². The highest BCUT2D eigenvalue weighted by atomic mass is 31.1. The van der Waals surface area contributed by atoms with Crippen LogP contribution >= 0.6 is 7.80 Å². The molecule has 1 aliphatic carbocycles. The maximum Gasteiger partial charge on any atom is 0.192 e. The summed E-state index contributed by atoms with van der Waals surface area (Å²) in [7, 11) is -4.20. The highest BCUT2D eigenvalue weighted by molar-refractivity contribution is 7.54. The molecule has 1 aliphatic rings. The van der Waals surface area contributed by atoms with Crippen LogP contribution in [0.1, 0.15) is 58.4 Å². The first-order valence-electron chi connectivity index (χ1n) is 11.6. The zero-order valence-corrected chi connectivity index (χ0v) is 21.7. The summed E-state index contributed by atoms with van der Waals surface area (Å²) in [6.45, 7) is 11.4. The highest BCUT2D eigenvalue weighted by Crippen LogP contribution is 2.55. The molecule has 1 saturated carbocycles. The molecule has 0 aromatic heterocycles. The summed E-state index contributed by atoms with van der Waals surface area (Å²) in [6, 6.07) is 19.8. The van der Waals surface area contributed by atoms with Crippen molar-refractivity contribution in [3.8, 4) is 0 Å². The Morgan fingerprint density at radius 2 is 1.55 bits per heavy atom. The third-order valence-electron chi connectivity index (χ3n) is 7.43. The van der Waals surface area contributed by atoms with Gasteiger partial charge in [-0.2, -0.15) is 0 Å². The lowest BCUT2D eigenvalue weighted by Gasteiger charge is -2.44. The van der Waals surface area contributed by atoms with Crippen molar-refractivity contribution in [3.63, 3.8) is 0 Å². The summed E-state index contributed by atoms with van der Waals surface area (Å²) in [6.07, 6.45) is 3.51. The van der Waals surface area contributed by atoms with Crippen LogP contribution in [0, 0.1) is 0 Å². The number of benzene rings is 2. The quantitative estimate of drug-likeness (QED) is 0.412. The van der Waals surface area contributed by atoms with Gasteiger partial charge in [0.2, 0.25) is 0 Å². The van der Waals surface area contributed by atoms with Crippen molar-refractivity contribution in [1.82, 2.24) is 0 Å². The van der Waals surface area contributed by atoms with E-state index in [1.54, 1.807) is 0 Å². The van der Waals surface area contributed by atoms with Crippen molar-refractivity contribution in [1.29, 1.82) is 0 Å². The number of rotatable bonds is 5. The zero-order chi connectivity index (χ0) is 22.7. The van der Waals surface area contributed by atoms with Crippen molar-refractivity contribution in [3.05, 3.63) is 66.2 Å². The van der Waals surface area contributed by atoms with E-state index in [0.717, 1.165) is 30.1 Å². The van der Waals surface area contributed by atoms with Gasteiger partial charge in [0, 0.05) is 11.4 Å². The van der Waals surface area contributed by atoms with Gasteiger partial charge >= 0.3 is 0 Å². The van der Waals surface area contributed by atoms with Crippen LogP contribution in [0.5, 0.6) is 0 Å². The van der Waals surface area contributed by atoms with Crippen molar-refractivity contribution in [2.75, 3.05) is 0 Å². The second-order valence-electron chi connectivity index (χ2n) is 10.5. The van der Waals surface area contributed by atoms with Gasteiger partial charge in [0.25, 0.3) is 0 Å². The second kappa shape index (κ2) is 9.75. The van der Waals surface area contributed by atoms with Crippen LogP contribution in [-0.2, 0) is 14.1 Å². The molecule has 0 amide bonds. The maximum absolute atomic E-state index is 14.1. The summed E-state index contributed by atoms with van der Waals surface area (Å²) in [4.78, 5) is 0. The number of aliphatic hydroxyl groups excluding tert-OH is 1. The predicted molar refractivity (Wildman–Crippen MR) is 134 cm³/mol. The minimum atomic E-state index is -2.31. The smallest absolute Gasteiger partial charge is 0.192 e. The highest BCUT2D eigenvalue weighted by Gasteiger charge is 2.47. The minimum Gasteiger partial charge on any atom is -0.414 e. The molecule has 31 heavy (non-hydrogen) atoms. The molecule has 1 N–H and O–H groups in total. The van der Waals surface area contributed by atoms with Crippen LogP contribution in [0.2, 0.25) is 18.1 Å². The lowest BCUT2D eigenvalue weighted by Crippen LogP contribution is -2.46. The molecule has 4 atom stereocenters. The molecule has 3 unspecified atom stereocenters. The number of aliphatic hydroxyl groups is 1. The average molecular weight is 459 g/mol. The van der Waals surface area contributed by atoms with E-state index in [1.807, 2.05) is 60.7 Å². The standard InChI is InChI=1S/C26H39O3PSi/c1-25(2,3)31(4,5)29-22-15-12-18-24(27)26(20-19-22,21-13-8-6-9-14-21)30(28)23-16-10-7-11-17-23/h6-11,13-14,16-17,22,24,27,30H,12,15,18-20H2,1-5H3/t22?,24?,26-/m0/s1. The van der Waals surface area contributed by atoms with Crippen LogP contribution in [0.4, 0.5) is 0 Å². The normalized spacial score (nSPS) is 26.6. The Morgan fingerprint density at radius 1 is 0.968 bits per heavy atom. The van der Waals surface area contributed by atoms with E-state index in [0.29, 0.717) is 12.8 Å². The fraction of sp³-hybridized carbons (Fsp3) is 0.538. The molecular weight excluding hydrogens is 419 g/mol. The second-order valence-corrected chi connectivity index (χ2v) is 17.4. The topological polar surface area (TPSA) is 46.5 Å². The molecule has 0 bridgehead atoms. The Balaban J connectivity index is 1.98. The first kappa shape index (κ1) is 24.4. The number of hydrogen-bond donors (Lipinski definition) is 1. The minimum absolute atomic E-state index is 0.155. The summed E-state index contributed by atoms with van der Waals surface area (Å²) in [5.41, 5.74) is 0.989. The SMILES string of the molecule is CC(C)(C)[Si](C)(C)OC1CCCC(O)[C@](c2ccccc2)([PH](=O)c2ccccc2)CC1. The Kier molecular flexibility index (Phi) is 7.69. The maximum atomic E-state index is 14.1. The van der Waals surface area contributed by atoms with Crippen molar-refractivity contribution >= 4 is 21.4 Å². The molecule has 3 nitrogen and oxygen atoms in total. The molecule has 0 aliphatic heterocycles. The van der Waals surface area contributed by atoms with Crippen LogP contribution in [-0.4, -0.2) is 25.6 Å². The summed E-state index contributed by atoms with van der Waals surface area (Å²) < 4.78 is 20.9. The largest absolute Gasteiger partial charge is 0.414 e. The lowest BCUT2D eigenvalue weighted by atomic mass is 9.82. The van der Waals surface area contributed by atoms with Gasteiger partial charge in [-0.3, -0.25) is 0 Å².